The lowest BCUT2D eigenvalue weighted by molar-refractivity contribution is 0.101. The van der Waals surface area contributed by atoms with Crippen LogP contribution in [0.3, 0.4) is 0 Å². The van der Waals surface area contributed by atoms with Crippen molar-refractivity contribution in [1.29, 1.82) is 0 Å². The van der Waals surface area contributed by atoms with Gasteiger partial charge in [-0.05, 0) is 36.4 Å². The van der Waals surface area contributed by atoms with Crippen LogP contribution in [0.5, 0.6) is 5.75 Å². The maximum absolute atomic E-state index is 12.0. The number of aromatic hydroxyl groups is 1. The SMILES string of the molecule is O=C(c1ccccc1)N(Cl)c1ccc(O)cc1. The minimum absolute atomic E-state index is 0.131. The zero-order valence-electron chi connectivity index (χ0n) is 8.88. The van der Waals surface area contributed by atoms with Crippen molar-refractivity contribution in [3.05, 3.63) is 60.2 Å². The second kappa shape index (κ2) is 4.89. The van der Waals surface area contributed by atoms with Crippen LogP contribution in [0.1, 0.15) is 10.4 Å². The van der Waals surface area contributed by atoms with Gasteiger partial charge in [0.05, 0.1) is 5.69 Å². The monoisotopic (exact) mass is 247 g/mol. The average Bonchev–Trinajstić information content (AvgIpc) is 2.39. The van der Waals surface area contributed by atoms with E-state index in [9.17, 15) is 4.79 Å². The molecule has 0 radical (unpaired) electrons. The first-order valence-corrected chi connectivity index (χ1v) is 5.36. The lowest BCUT2D eigenvalue weighted by Gasteiger charge is -2.13. The van der Waals surface area contributed by atoms with E-state index in [-0.39, 0.29) is 11.7 Å². The number of anilines is 1. The predicted molar refractivity (Wildman–Crippen MR) is 67.2 cm³/mol. The van der Waals surface area contributed by atoms with Gasteiger partial charge in [-0.25, -0.2) is 4.42 Å². The van der Waals surface area contributed by atoms with Crippen molar-refractivity contribution in [1.82, 2.24) is 0 Å². The minimum Gasteiger partial charge on any atom is -0.508 e. The fraction of sp³-hybridized carbons (Fsp3) is 0. The standard InChI is InChI=1S/C13H10ClNO2/c14-15(11-6-8-12(16)9-7-11)13(17)10-4-2-1-3-5-10/h1-9,16H. The molecule has 0 aliphatic carbocycles. The van der Waals surface area contributed by atoms with Crippen molar-refractivity contribution >= 4 is 23.4 Å². The Hall–Kier alpha value is -2.00. The van der Waals surface area contributed by atoms with E-state index < -0.39 is 0 Å². The van der Waals surface area contributed by atoms with Crippen LogP contribution in [0.15, 0.2) is 54.6 Å². The molecule has 0 spiro atoms. The Morgan fingerprint density at radius 3 is 2.18 bits per heavy atom. The number of nitrogens with zero attached hydrogens (tertiary/aromatic N) is 1. The molecule has 3 nitrogen and oxygen atoms in total. The van der Waals surface area contributed by atoms with Gasteiger partial charge in [-0.3, -0.25) is 4.79 Å². The first-order chi connectivity index (χ1) is 8.18. The van der Waals surface area contributed by atoms with Crippen molar-refractivity contribution in [2.24, 2.45) is 0 Å². The minimum atomic E-state index is -0.307. The van der Waals surface area contributed by atoms with Gasteiger partial charge in [-0.1, -0.05) is 18.2 Å². The molecule has 86 valence electrons. The second-order valence-electron chi connectivity index (χ2n) is 3.47. The smallest absolute Gasteiger partial charge is 0.272 e. The van der Waals surface area contributed by atoms with E-state index in [0.29, 0.717) is 11.3 Å². The van der Waals surface area contributed by atoms with Gasteiger partial charge in [0.1, 0.15) is 5.75 Å². The zero-order valence-corrected chi connectivity index (χ0v) is 9.63. The molecule has 0 saturated carbocycles. The van der Waals surface area contributed by atoms with Gasteiger partial charge in [0.25, 0.3) is 5.91 Å². The second-order valence-corrected chi connectivity index (χ2v) is 3.81. The molecule has 0 aromatic heterocycles. The highest BCUT2D eigenvalue weighted by atomic mass is 35.5. The van der Waals surface area contributed by atoms with E-state index in [2.05, 4.69) is 0 Å². The number of carbonyl (C=O) groups excluding carboxylic acids is 1. The molecule has 2 aromatic carbocycles. The summed E-state index contributed by atoms with van der Waals surface area (Å²) >= 11 is 5.95. The van der Waals surface area contributed by atoms with Crippen LogP contribution in [0.25, 0.3) is 0 Å². The van der Waals surface area contributed by atoms with Crippen molar-refractivity contribution in [3.8, 4) is 5.75 Å². The van der Waals surface area contributed by atoms with Crippen molar-refractivity contribution in [2.45, 2.75) is 0 Å². The number of halogens is 1. The van der Waals surface area contributed by atoms with Gasteiger partial charge in [0.15, 0.2) is 0 Å². The molecule has 0 aliphatic rings. The van der Waals surface area contributed by atoms with E-state index in [1.807, 2.05) is 6.07 Å². The predicted octanol–water partition coefficient (Wildman–Crippen LogP) is 3.19. The lowest BCUT2D eigenvalue weighted by atomic mass is 10.2. The molecule has 0 fully saturated rings. The van der Waals surface area contributed by atoms with Gasteiger partial charge in [0, 0.05) is 17.3 Å². The van der Waals surface area contributed by atoms with Gasteiger partial charge >= 0.3 is 0 Å². The summed E-state index contributed by atoms with van der Waals surface area (Å²) in [5.74, 6) is -0.177. The number of carbonyl (C=O) groups is 1. The van der Waals surface area contributed by atoms with E-state index in [4.69, 9.17) is 16.9 Å². The summed E-state index contributed by atoms with van der Waals surface area (Å²) in [6.07, 6.45) is 0. The quantitative estimate of drug-likeness (QED) is 0.828. The Morgan fingerprint density at radius 2 is 1.59 bits per heavy atom. The molecule has 0 heterocycles. The average molecular weight is 248 g/mol. The molecule has 1 amide bonds. The summed E-state index contributed by atoms with van der Waals surface area (Å²) in [5.41, 5.74) is 1.02. The number of phenolic OH excluding ortho intramolecular Hbond substituents is 1. The molecule has 0 bridgehead atoms. The van der Waals surface area contributed by atoms with Crippen LogP contribution in [0.4, 0.5) is 5.69 Å². The summed E-state index contributed by atoms with van der Waals surface area (Å²) in [7, 11) is 0. The molecular weight excluding hydrogens is 238 g/mol. The maximum atomic E-state index is 12.0. The molecule has 0 atom stereocenters. The third kappa shape index (κ3) is 2.57. The normalized spacial score (nSPS) is 9.94. The van der Waals surface area contributed by atoms with Crippen LogP contribution in [-0.2, 0) is 0 Å². The largest absolute Gasteiger partial charge is 0.508 e. The van der Waals surface area contributed by atoms with Crippen LogP contribution in [0.2, 0.25) is 0 Å². The highest BCUT2D eigenvalue weighted by Crippen LogP contribution is 2.22. The van der Waals surface area contributed by atoms with E-state index in [1.165, 1.54) is 12.1 Å². The Morgan fingerprint density at radius 1 is 1.00 bits per heavy atom. The highest BCUT2D eigenvalue weighted by molar-refractivity contribution is 6.39. The van der Waals surface area contributed by atoms with Gasteiger partial charge in [-0.15, -0.1) is 0 Å². The molecule has 4 heteroatoms. The summed E-state index contributed by atoms with van der Waals surface area (Å²) in [6, 6.07) is 14.9. The molecular formula is C13H10ClNO2. The number of hydrogen-bond donors (Lipinski definition) is 1. The number of amides is 1. The maximum Gasteiger partial charge on any atom is 0.272 e. The van der Waals surface area contributed by atoms with E-state index in [1.54, 1.807) is 36.4 Å². The van der Waals surface area contributed by atoms with Crippen molar-refractivity contribution in [3.63, 3.8) is 0 Å². The van der Waals surface area contributed by atoms with Gasteiger partial charge in [-0.2, -0.15) is 0 Å². The first-order valence-electron chi connectivity index (χ1n) is 5.03. The summed E-state index contributed by atoms with van der Waals surface area (Å²) in [6.45, 7) is 0. The van der Waals surface area contributed by atoms with Crippen LogP contribution < -0.4 is 4.42 Å². The van der Waals surface area contributed by atoms with Crippen molar-refractivity contribution < 1.29 is 9.90 Å². The summed E-state index contributed by atoms with van der Waals surface area (Å²) in [4.78, 5) is 12.0. The molecule has 17 heavy (non-hydrogen) atoms. The number of rotatable bonds is 2. The number of hydrogen-bond acceptors (Lipinski definition) is 2. The number of benzene rings is 2. The fourth-order valence-corrected chi connectivity index (χ4v) is 1.61. The fourth-order valence-electron chi connectivity index (χ4n) is 1.39. The molecule has 0 aliphatic heterocycles. The van der Waals surface area contributed by atoms with Crippen LogP contribution >= 0.6 is 11.8 Å². The summed E-state index contributed by atoms with van der Waals surface area (Å²) in [5, 5.41) is 9.15. The summed E-state index contributed by atoms with van der Waals surface area (Å²) < 4.78 is 1.02. The third-order valence-corrected chi connectivity index (χ3v) is 2.62. The third-order valence-electron chi connectivity index (χ3n) is 2.28. The van der Waals surface area contributed by atoms with Crippen molar-refractivity contribution in [2.75, 3.05) is 4.42 Å². The molecule has 2 rings (SSSR count). The zero-order chi connectivity index (χ0) is 12.3. The van der Waals surface area contributed by atoms with Gasteiger partial charge in [0.2, 0.25) is 0 Å². The molecule has 2 aromatic rings. The van der Waals surface area contributed by atoms with Gasteiger partial charge < -0.3 is 5.11 Å². The topological polar surface area (TPSA) is 40.5 Å². The molecule has 1 N–H and O–H groups in total. The first kappa shape index (κ1) is 11.5. The van der Waals surface area contributed by atoms with Crippen LogP contribution in [0, 0.1) is 0 Å². The lowest BCUT2D eigenvalue weighted by Crippen LogP contribution is -2.20. The Kier molecular flexibility index (Phi) is 3.30. The van der Waals surface area contributed by atoms with Crippen LogP contribution in [-0.4, -0.2) is 11.0 Å². The van der Waals surface area contributed by atoms with E-state index >= 15 is 0 Å². The Labute approximate surface area is 104 Å². The molecule has 0 unspecified atom stereocenters. The van der Waals surface area contributed by atoms with E-state index in [0.717, 1.165) is 4.42 Å². The number of phenols is 1. The Balaban J connectivity index is 2.23. The Bertz CT molecular complexity index is 511. The molecule has 0 saturated heterocycles. The highest BCUT2D eigenvalue weighted by Gasteiger charge is 2.14.